The number of hydrogen-bond donors (Lipinski definition) is 1. The average Bonchev–Trinajstić information content (AvgIpc) is 2.69. The number of aromatic nitrogens is 1. The summed E-state index contributed by atoms with van der Waals surface area (Å²) in [5.74, 6) is 2.20. The van der Waals surface area contributed by atoms with Crippen molar-refractivity contribution in [3.05, 3.63) is 72.6 Å². The minimum Gasteiger partial charge on any atom is -0.497 e. The number of nitrogens with one attached hydrogen (secondary N) is 1. The largest absolute Gasteiger partial charge is 0.497 e. The average molecular weight is 350 g/mol. The molecule has 6 nitrogen and oxygen atoms in total. The molecule has 0 atom stereocenters. The molecule has 0 spiro atoms. The number of nitrogens with zero attached hydrogens (tertiary/aromatic N) is 1. The molecule has 1 N–H and O–H groups in total. The van der Waals surface area contributed by atoms with Gasteiger partial charge in [0.05, 0.1) is 14.2 Å². The number of ether oxygens (including phenoxy) is 3. The third kappa shape index (κ3) is 4.30. The predicted octanol–water partition coefficient (Wildman–Crippen LogP) is 4.14. The van der Waals surface area contributed by atoms with E-state index in [1.807, 2.05) is 0 Å². The summed E-state index contributed by atoms with van der Waals surface area (Å²) in [4.78, 5) is 16.4. The van der Waals surface area contributed by atoms with Crippen molar-refractivity contribution < 1.29 is 19.0 Å². The summed E-state index contributed by atoms with van der Waals surface area (Å²) in [6, 6.07) is 15.7. The molecule has 1 amide bonds. The fraction of sp³-hybridized carbons (Fsp3) is 0.100. The van der Waals surface area contributed by atoms with Crippen LogP contribution >= 0.6 is 0 Å². The number of anilines is 1. The van der Waals surface area contributed by atoms with Crippen LogP contribution < -0.4 is 19.5 Å². The van der Waals surface area contributed by atoms with Crippen molar-refractivity contribution >= 4 is 11.6 Å². The van der Waals surface area contributed by atoms with Crippen molar-refractivity contribution in [1.29, 1.82) is 0 Å². The lowest BCUT2D eigenvalue weighted by atomic mass is 10.1. The number of pyridine rings is 1. The Hall–Kier alpha value is -3.54. The SMILES string of the molecule is COc1cc(OC)cc(C(=O)Nc2ccc(Oc3ccncc3)cc2)c1. The van der Waals surface area contributed by atoms with Crippen LogP contribution in [-0.4, -0.2) is 25.1 Å². The van der Waals surface area contributed by atoms with Gasteiger partial charge in [0, 0.05) is 29.7 Å². The Balaban J connectivity index is 1.70. The molecule has 0 aliphatic rings. The van der Waals surface area contributed by atoms with Crippen LogP contribution in [0.4, 0.5) is 5.69 Å². The van der Waals surface area contributed by atoms with Gasteiger partial charge in [-0.3, -0.25) is 9.78 Å². The van der Waals surface area contributed by atoms with Crippen molar-refractivity contribution in [3.63, 3.8) is 0 Å². The van der Waals surface area contributed by atoms with Gasteiger partial charge < -0.3 is 19.5 Å². The van der Waals surface area contributed by atoms with Gasteiger partial charge in [0.1, 0.15) is 23.0 Å². The molecule has 0 bridgehead atoms. The van der Waals surface area contributed by atoms with E-state index in [1.54, 1.807) is 67.0 Å². The zero-order valence-corrected chi connectivity index (χ0v) is 14.4. The van der Waals surface area contributed by atoms with Gasteiger partial charge in [0.2, 0.25) is 0 Å². The highest BCUT2D eigenvalue weighted by Gasteiger charge is 2.10. The molecule has 0 saturated heterocycles. The van der Waals surface area contributed by atoms with Crippen LogP contribution in [0, 0.1) is 0 Å². The number of hydrogen-bond acceptors (Lipinski definition) is 5. The van der Waals surface area contributed by atoms with E-state index in [0.29, 0.717) is 34.2 Å². The smallest absolute Gasteiger partial charge is 0.255 e. The van der Waals surface area contributed by atoms with Gasteiger partial charge in [-0.25, -0.2) is 0 Å². The Morgan fingerprint density at radius 1 is 0.808 bits per heavy atom. The summed E-state index contributed by atoms with van der Waals surface area (Å²) in [6.07, 6.45) is 3.32. The van der Waals surface area contributed by atoms with Crippen LogP contribution in [0.2, 0.25) is 0 Å². The van der Waals surface area contributed by atoms with E-state index < -0.39 is 0 Å². The molecule has 3 rings (SSSR count). The normalized spacial score (nSPS) is 10.1. The lowest BCUT2D eigenvalue weighted by molar-refractivity contribution is 0.102. The Kier molecular flexibility index (Phi) is 5.34. The van der Waals surface area contributed by atoms with Crippen LogP contribution in [0.3, 0.4) is 0 Å². The topological polar surface area (TPSA) is 69.7 Å². The molecular formula is C20H18N2O4. The second kappa shape index (κ2) is 8.02. The van der Waals surface area contributed by atoms with Crippen LogP contribution in [0.1, 0.15) is 10.4 Å². The first-order chi connectivity index (χ1) is 12.7. The highest BCUT2D eigenvalue weighted by atomic mass is 16.5. The third-order valence-corrected chi connectivity index (χ3v) is 3.61. The van der Waals surface area contributed by atoms with Crippen molar-refractivity contribution in [2.24, 2.45) is 0 Å². The molecular weight excluding hydrogens is 332 g/mol. The molecule has 0 fully saturated rings. The van der Waals surface area contributed by atoms with Gasteiger partial charge in [0.25, 0.3) is 5.91 Å². The number of amides is 1. The highest BCUT2D eigenvalue weighted by molar-refractivity contribution is 6.04. The van der Waals surface area contributed by atoms with Crippen LogP contribution in [0.15, 0.2) is 67.0 Å². The first kappa shape index (κ1) is 17.3. The molecule has 26 heavy (non-hydrogen) atoms. The monoisotopic (exact) mass is 350 g/mol. The Bertz CT molecular complexity index is 858. The Morgan fingerprint density at radius 3 is 1.96 bits per heavy atom. The van der Waals surface area contributed by atoms with Crippen LogP contribution in [-0.2, 0) is 0 Å². The minimum absolute atomic E-state index is 0.259. The van der Waals surface area contributed by atoms with E-state index in [-0.39, 0.29) is 5.91 Å². The maximum Gasteiger partial charge on any atom is 0.255 e. The quantitative estimate of drug-likeness (QED) is 0.723. The molecule has 1 aromatic heterocycles. The van der Waals surface area contributed by atoms with E-state index in [9.17, 15) is 4.79 Å². The van der Waals surface area contributed by atoms with Crippen molar-refractivity contribution in [1.82, 2.24) is 4.98 Å². The van der Waals surface area contributed by atoms with E-state index in [1.165, 1.54) is 14.2 Å². The van der Waals surface area contributed by atoms with Gasteiger partial charge in [-0.05, 0) is 48.5 Å². The predicted molar refractivity (Wildman–Crippen MR) is 98.3 cm³/mol. The molecule has 0 radical (unpaired) electrons. The number of rotatable bonds is 6. The van der Waals surface area contributed by atoms with Gasteiger partial charge in [0.15, 0.2) is 0 Å². The molecule has 0 aliphatic heterocycles. The maximum absolute atomic E-state index is 12.5. The van der Waals surface area contributed by atoms with E-state index in [0.717, 1.165) is 0 Å². The molecule has 0 saturated carbocycles. The molecule has 6 heteroatoms. The lowest BCUT2D eigenvalue weighted by Crippen LogP contribution is -2.12. The van der Waals surface area contributed by atoms with E-state index in [2.05, 4.69) is 10.3 Å². The standard InChI is InChI=1S/C20H18N2O4/c1-24-18-11-14(12-19(13-18)25-2)20(23)22-15-3-5-16(6-4-15)26-17-7-9-21-10-8-17/h3-13H,1-2H3,(H,22,23). The zero-order chi connectivity index (χ0) is 18.4. The lowest BCUT2D eigenvalue weighted by Gasteiger charge is -2.10. The molecule has 0 unspecified atom stereocenters. The number of benzene rings is 2. The molecule has 2 aromatic carbocycles. The Labute approximate surface area is 151 Å². The van der Waals surface area contributed by atoms with E-state index in [4.69, 9.17) is 14.2 Å². The summed E-state index contributed by atoms with van der Waals surface area (Å²) < 4.78 is 16.1. The third-order valence-electron chi connectivity index (χ3n) is 3.61. The first-order valence-corrected chi connectivity index (χ1v) is 7.90. The van der Waals surface area contributed by atoms with E-state index >= 15 is 0 Å². The summed E-state index contributed by atoms with van der Waals surface area (Å²) in [5, 5.41) is 2.84. The molecule has 132 valence electrons. The first-order valence-electron chi connectivity index (χ1n) is 7.90. The van der Waals surface area contributed by atoms with Gasteiger partial charge in [-0.2, -0.15) is 0 Å². The van der Waals surface area contributed by atoms with Crippen molar-refractivity contribution in [2.45, 2.75) is 0 Å². The second-order valence-electron chi connectivity index (χ2n) is 5.36. The fourth-order valence-corrected chi connectivity index (χ4v) is 2.29. The Morgan fingerprint density at radius 2 is 1.38 bits per heavy atom. The number of carbonyl (C=O) groups excluding carboxylic acids is 1. The van der Waals surface area contributed by atoms with Crippen molar-refractivity contribution in [3.8, 4) is 23.0 Å². The molecule has 1 heterocycles. The zero-order valence-electron chi connectivity index (χ0n) is 14.4. The maximum atomic E-state index is 12.5. The highest BCUT2D eigenvalue weighted by Crippen LogP contribution is 2.25. The summed E-state index contributed by atoms with van der Waals surface area (Å²) in [7, 11) is 3.08. The number of methoxy groups -OCH3 is 2. The molecule has 0 aliphatic carbocycles. The summed E-state index contributed by atoms with van der Waals surface area (Å²) >= 11 is 0. The molecule has 3 aromatic rings. The van der Waals surface area contributed by atoms with Crippen molar-refractivity contribution in [2.75, 3.05) is 19.5 Å². The second-order valence-corrected chi connectivity index (χ2v) is 5.36. The minimum atomic E-state index is -0.259. The fourth-order valence-electron chi connectivity index (χ4n) is 2.29. The van der Waals surface area contributed by atoms with Crippen LogP contribution in [0.25, 0.3) is 0 Å². The summed E-state index contributed by atoms with van der Waals surface area (Å²) in [5.41, 5.74) is 1.09. The van der Waals surface area contributed by atoms with Gasteiger partial charge in [-0.1, -0.05) is 0 Å². The van der Waals surface area contributed by atoms with Crippen LogP contribution in [0.5, 0.6) is 23.0 Å². The van der Waals surface area contributed by atoms with Gasteiger partial charge in [-0.15, -0.1) is 0 Å². The number of carbonyl (C=O) groups is 1. The van der Waals surface area contributed by atoms with Gasteiger partial charge >= 0.3 is 0 Å². The summed E-state index contributed by atoms with van der Waals surface area (Å²) in [6.45, 7) is 0.